The highest BCUT2D eigenvalue weighted by Crippen LogP contribution is 2.25. The Morgan fingerprint density at radius 1 is 1.08 bits per heavy atom. The van der Waals surface area contributed by atoms with Crippen LogP contribution >= 0.6 is 0 Å². The van der Waals surface area contributed by atoms with Crippen LogP contribution in [0.2, 0.25) is 0 Å². The molecular formula is C19H20FN5O. The van der Waals surface area contributed by atoms with Gasteiger partial charge in [-0.3, -0.25) is 4.57 Å². The molecule has 0 atom stereocenters. The number of imidazole rings is 1. The minimum absolute atomic E-state index is 0.0879. The number of anilines is 1. The quantitative estimate of drug-likeness (QED) is 0.721. The van der Waals surface area contributed by atoms with Gasteiger partial charge in [0.1, 0.15) is 24.0 Å². The van der Waals surface area contributed by atoms with Crippen LogP contribution in [-0.4, -0.2) is 38.9 Å². The summed E-state index contributed by atoms with van der Waals surface area (Å²) in [4.78, 5) is 6.21. The van der Waals surface area contributed by atoms with Crippen molar-refractivity contribution in [3.63, 3.8) is 0 Å². The molecule has 6 nitrogen and oxygen atoms in total. The van der Waals surface area contributed by atoms with E-state index in [4.69, 9.17) is 4.74 Å². The third-order valence-corrected chi connectivity index (χ3v) is 4.62. The first-order valence-corrected chi connectivity index (χ1v) is 8.69. The van der Waals surface area contributed by atoms with Crippen molar-refractivity contribution in [2.45, 2.75) is 25.9 Å². The molecule has 1 saturated heterocycles. The summed E-state index contributed by atoms with van der Waals surface area (Å²) in [5.74, 6) is 1.96. The molecule has 1 aliphatic rings. The zero-order valence-corrected chi connectivity index (χ0v) is 14.5. The van der Waals surface area contributed by atoms with Crippen LogP contribution in [0.1, 0.15) is 18.4 Å². The van der Waals surface area contributed by atoms with Crippen molar-refractivity contribution in [1.29, 1.82) is 0 Å². The summed E-state index contributed by atoms with van der Waals surface area (Å²) in [5, 5.41) is 8.59. The maximum absolute atomic E-state index is 13.4. The first-order chi connectivity index (χ1) is 12.7. The van der Waals surface area contributed by atoms with E-state index in [9.17, 15) is 4.39 Å². The van der Waals surface area contributed by atoms with E-state index in [0.29, 0.717) is 5.75 Å². The van der Waals surface area contributed by atoms with Gasteiger partial charge in [-0.2, -0.15) is 0 Å². The van der Waals surface area contributed by atoms with E-state index in [1.54, 1.807) is 18.6 Å². The summed E-state index contributed by atoms with van der Waals surface area (Å²) in [5.41, 5.74) is 0.954. The standard InChI is InChI=1S/C19H20FN5O/c1-14-2-3-15(20)12-17(14)26-16-6-9-24(10-7-16)18-4-5-19(23-22-18)25-11-8-21-13-25/h2-5,8,11-13,16H,6-7,9-10H2,1H3. The SMILES string of the molecule is Cc1ccc(F)cc1OC1CCN(c2ccc(-n3ccnc3)nn2)CC1. The summed E-state index contributed by atoms with van der Waals surface area (Å²) in [6, 6.07) is 8.57. The second kappa shape index (κ2) is 7.11. The molecule has 0 unspecified atom stereocenters. The molecule has 1 aliphatic heterocycles. The topological polar surface area (TPSA) is 56.1 Å². The lowest BCUT2D eigenvalue weighted by molar-refractivity contribution is 0.169. The highest BCUT2D eigenvalue weighted by atomic mass is 19.1. The highest BCUT2D eigenvalue weighted by molar-refractivity contribution is 5.40. The number of aryl methyl sites for hydroxylation is 1. The average molecular weight is 353 g/mol. The van der Waals surface area contributed by atoms with E-state index in [1.165, 1.54) is 12.1 Å². The Labute approximate surface area is 151 Å². The Kier molecular flexibility index (Phi) is 4.51. The first kappa shape index (κ1) is 16.5. The molecule has 0 radical (unpaired) electrons. The number of hydrogen-bond donors (Lipinski definition) is 0. The van der Waals surface area contributed by atoms with E-state index >= 15 is 0 Å². The van der Waals surface area contributed by atoms with E-state index in [1.807, 2.05) is 29.8 Å². The minimum Gasteiger partial charge on any atom is -0.490 e. The summed E-state index contributed by atoms with van der Waals surface area (Å²) >= 11 is 0. The molecule has 0 bridgehead atoms. The Hall–Kier alpha value is -2.96. The number of ether oxygens (including phenoxy) is 1. The number of aromatic nitrogens is 4. The minimum atomic E-state index is -0.267. The van der Waals surface area contributed by atoms with Crippen molar-refractivity contribution < 1.29 is 9.13 Å². The zero-order chi connectivity index (χ0) is 17.9. The van der Waals surface area contributed by atoms with Crippen molar-refractivity contribution in [2.75, 3.05) is 18.0 Å². The molecule has 0 saturated carbocycles. The summed E-state index contributed by atoms with van der Waals surface area (Å²) in [7, 11) is 0. The molecule has 0 spiro atoms. The van der Waals surface area contributed by atoms with Gasteiger partial charge in [-0.15, -0.1) is 10.2 Å². The third kappa shape index (κ3) is 3.51. The van der Waals surface area contributed by atoms with Crippen LogP contribution in [0.3, 0.4) is 0 Å². The molecule has 1 fully saturated rings. The van der Waals surface area contributed by atoms with E-state index < -0.39 is 0 Å². The van der Waals surface area contributed by atoms with E-state index in [-0.39, 0.29) is 11.9 Å². The second-order valence-electron chi connectivity index (χ2n) is 6.43. The lowest BCUT2D eigenvalue weighted by Crippen LogP contribution is -2.38. The summed E-state index contributed by atoms with van der Waals surface area (Å²) in [6.45, 7) is 3.59. The average Bonchev–Trinajstić information content (AvgIpc) is 3.20. The molecule has 0 N–H and O–H groups in total. The normalized spacial score (nSPS) is 15.2. The van der Waals surface area contributed by atoms with Crippen LogP contribution < -0.4 is 9.64 Å². The van der Waals surface area contributed by atoms with Gasteiger partial charge in [0.25, 0.3) is 0 Å². The van der Waals surface area contributed by atoms with E-state index in [2.05, 4.69) is 20.1 Å². The Morgan fingerprint density at radius 2 is 1.85 bits per heavy atom. The fourth-order valence-electron chi connectivity index (χ4n) is 3.10. The van der Waals surface area contributed by atoms with Crippen molar-refractivity contribution >= 4 is 5.82 Å². The van der Waals surface area contributed by atoms with Crippen LogP contribution in [-0.2, 0) is 0 Å². The van der Waals surface area contributed by atoms with Crippen LogP contribution in [0.4, 0.5) is 10.2 Å². The maximum Gasteiger partial charge on any atom is 0.160 e. The van der Waals surface area contributed by atoms with Crippen LogP contribution in [0.5, 0.6) is 5.75 Å². The van der Waals surface area contributed by atoms with Gasteiger partial charge in [-0.1, -0.05) is 6.07 Å². The third-order valence-electron chi connectivity index (χ3n) is 4.62. The van der Waals surface area contributed by atoms with Gasteiger partial charge in [0.2, 0.25) is 0 Å². The molecule has 134 valence electrons. The summed E-state index contributed by atoms with van der Waals surface area (Å²) < 4.78 is 21.2. The smallest absolute Gasteiger partial charge is 0.160 e. The predicted molar refractivity (Wildman–Crippen MR) is 96.2 cm³/mol. The van der Waals surface area contributed by atoms with Gasteiger partial charge in [0.05, 0.1) is 0 Å². The Balaban J connectivity index is 1.37. The van der Waals surface area contributed by atoms with Crippen molar-refractivity contribution in [1.82, 2.24) is 19.7 Å². The van der Waals surface area contributed by atoms with Crippen molar-refractivity contribution in [2.24, 2.45) is 0 Å². The van der Waals surface area contributed by atoms with Gasteiger partial charge < -0.3 is 9.64 Å². The molecule has 1 aromatic carbocycles. The van der Waals surface area contributed by atoms with Gasteiger partial charge in [0, 0.05) is 44.4 Å². The van der Waals surface area contributed by atoms with Crippen LogP contribution in [0.25, 0.3) is 5.82 Å². The van der Waals surface area contributed by atoms with Gasteiger partial charge in [0.15, 0.2) is 11.6 Å². The number of hydrogen-bond acceptors (Lipinski definition) is 5. The Morgan fingerprint density at radius 3 is 2.54 bits per heavy atom. The largest absolute Gasteiger partial charge is 0.490 e. The summed E-state index contributed by atoms with van der Waals surface area (Å²) in [6.07, 6.45) is 7.05. The number of rotatable bonds is 4. The number of halogens is 1. The van der Waals surface area contributed by atoms with Crippen molar-refractivity contribution in [3.05, 3.63) is 60.4 Å². The molecule has 2 aromatic heterocycles. The lowest BCUT2D eigenvalue weighted by Gasteiger charge is -2.33. The predicted octanol–water partition coefficient (Wildman–Crippen LogP) is 3.16. The molecule has 3 aromatic rings. The molecule has 3 heterocycles. The fraction of sp³-hybridized carbons (Fsp3) is 0.316. The molecule has 26 heavy (non-hydrogen) atoms. The van der Waals surface area contributed by atoms with Crippen LogP contribution in [0, 0.1) is 12.7 Å². The Bertz CT molecular complexity index is 858. The number of benzene rings is 1. The monoisotopic (exact) mass is 353 g/mol. The van der Waals surface area contributed by atoms with Gasteiger partial charge >= 0.3 is 0 Å². The zero-order valence-electron chi connectivity index (χ0n) is 14.5. The lowest BCUT2D eigenvalue weighted by atomic mass is 10.1. The molecule has 0 aliphatic carbocycles. The molecule has 7 heteroatoms. The molecular weight excluding hydrogens is 333 g/mol. The van der Waals surface area contributed by atoms with Crippen molar-refractivity contribution in [3.8, 4) is 11.6 Å². The number of piperidine rings is 1. The fourth-order valence-corrected chi connectivity index (χ4v) is 3.10. The van der Waals surface area contributed by atoms with Crippen LogP contribution in [0.15, 0.2) is 49.1 Å². The van der Waals surface area contributed by atoms with Gasteiger partial charge in [-0.05, 0) is 30.7 Å². The second-order valence-corrected chi connectivity index (χ2v) is 6.43. The highest BCUT2D eigenvalue weighted by Gasteiger charge is 2.22. The van der Waals surface area contributed by atoms with Gasteiger partial charge in [-0.25, -0.2) is 9.37 Å². The first-order valence-electron chi connectivity index (χ1n) is 8.69. The van der Waals surface area contributed by atoms with E-state index in [0.717, 1.165) is 43.1 Å². The number of nitrogens with zero attached hydrogens (tertiary/aromatic N) is 5. The molecule has 4 rings (SSSR count). The molecule has 0 amide bonds. The maximum atomic E-state index is 13.4.